The van der Waals surface area contributed by atoms with E-state index in [1.54, 1.807) is 0 Å². The molecule has 2 aliphatic rings. The van der Waals surface area contributed by atoms with Gasteiger partial charge in [0.05, 0.1) is 22.4 Å². The molecule has 114 valence electrons. The van der Waals surface area contributed by atoms with Crippen molar-refractivity contribution in [3.05, 3.63) is 23.8 Å². The second kappa shape index (κ2) is 4.91. The number of anilines is 2. The molecule has 0 radical (unpaired) electrons. The van der Waals surface area contributed by atoms with Crippen LogP contribution in [0.2, 0.25) is 0 Å². The van der Waals surface area contributed by atoms with E-state index in [4.69, 9.17) is 4.74 Å². The minimum absolute atomic E-state index is 0.179. The first-order chi connectivity index (χ1) is 9.91. The summed E-state index contributed by atoms with van der Waals surface area (Å²) < 4.78 is 43.5. The highest BCUT2D eigenvalue weighted by atomic mass is 19.4. The predicted molar refractivity (Wildman–Crippen MR) is 71.0 cm³/mol. The number of carbonyl (C=O) groups is 1. The first-order valence-corrected chi connectivity index (χ1v) is 6.75. The first-order valence-electron chi connectivity index (χ1n) is 6.75. The third kappa shape index (κ3) is 2.57. The van der Waals surface area contributed by atoms with Gasteiger partial charge in [-0.3, -0.25) is 4.79 Å². The maximum atomic E-state index is 12.8. The minimum atomic E-state index is -4.43. The molecule has 0 unspecified atom stereocenters. The third-order valence-electron chi connectivity index (χ3n) is 4.14. The Kier molecular flexibility index (Phi) is 3.32. The van der Waals surface area contributed by atoms with Crippen LogP contribution in [0.4, 0.5) is 24.5 Å². The number of carbonyl (C=O) groups excluding carboxylic acids is 1. The van der Waals surface area contributed by atoms with Crippen molar-refractivity contribution >= 4 is 17.3 Å². The fourth-order valence-corrected chi connectivity index (χ4v) is 2.74. The standard InChI is InChI=1S/C14H15F3N2O2/c15-14(16,17)9-1-2-10-11(7-9)19-12(20)13(8-18-10)3-5-21-6-4-13/h1-2,7,18H,3-6,8H2,(H,19,20). The molecule has 1 amide bonds. The normalized spacial score (nSPS) is 21.2. The molecule has 1 fully saturated rings. The van der Waals surface area contributed by atoms with Gasteiger partial charge in [-0.25, -0.2) is 0 Å². The van der Waals surface area contributed by atoms with Gasteiger partial charge < -0.3 is 15.4 Å². The smallest absolute Gasteiger partial charge is 0.382 e. The zero-order valence-electron chi connectivity index (χ0n) is 11.2. The van der Waals surface area contributed by atoms with E-state index in [9.17, 15) is 18.0 Å². The van der Waals surface area contributed by atoms with Gasteiger partial charge in [0.15, 0.2) is 0 Å². The van der Waals surface area contributed by atoms with E-state index in [1.165, 1.54) is 6.07 Å². The first kappa shape index (κ1) is 14.2. The lowest BCUT2D eigenvalue weighted by molar-refractivity contribution is -0.137. The number of amides is 1. The largest absolute Gasteiger partial charge is 0.416 e. The Hall–Kier alpha value is -1.76. The van der Waals surface area contributed by atoms with Gasteiger partial charge in [-0.1, -0.05) is 0 Å². The van der Waals surface area contributed by atoms with Crippen LogP contribution in [-0.4, -0.2) is 25.7 Å². The third-order valence-corrected chi connectivity index (χ3v) is 4.14. The van der Waals surface area contributed by atoms with Crippen molar-refractivity contribution in [1.29, 1.82) is 0 Å². The van der Waals surface area contributed by atoms with Gasteiger partial charge in [0.2, 0.25) is 5.91 Å². The number of hydrogen-bond donors (Lipinski definition) is 2. The monoisotopic (exact) mass is 300 g/mol. The van der Waals surface area contributed by atoms with E-state index in [2.05, 4.69) is 10.6 Å². The molecule has 2 N–H and O–H groups in total. The molecule has 2 aliphatic heterocycles. The summed E-state index contributed by atoms with van der Waals surface area (Å²) in [6, 6.07) is 3.34. The molecule has 3 rings (SSSR count). The number of nitrogens with one attached hydrogen (secondary N) is 2. The highest BCUT2D eigenvalue weighted by Gasteiger charge is 2.42. The maximum absolute atomic E-state index is 12.8. The van der Waals surface area contributed by atoms with Crippen molar-refractivity contribution < 1.29 is 22.7 Å². The second-order valence-electron chi connectivity index (χ2n) is 5.46. The summed E-state index contributed by atoms with van der Waals surface area (Å²) in [5.41, 5.74) is -0.695. The van der Waals surface area contributed by atoms with Crippen LogP contribution in [-0.2, 0) is 15.7 Å². The van der Waals surface area contributed by atoms with Gasteiger partial charge in [-0.05, 0) is 31.0 Å². The van der Waals surface area contributed by atoms with Gasteiger partial charge in [-0.15, -0.1) is 0 Å². The highest BCUT2D eigenvalue weighted by Crippen LogP contribution is 2.39. The zero-order valence-corrected chi connectivity index (χ0v) is 11.2. The van der Waals surface area contributed by atoms with Crippen LogP contribution >= 0.6 is 0 Å². The van der Waals surface area contributed by atoms with Gasteiger partial charge in [0.25, 0.3) is 0 Å². The van der Waals surface area contributed by atoms with E-state index >= 15 is 0 Å². The molecule has 0 atom stereocenters. The predicted octanol–water partition coefficient (Wildman–Crippen LogP) is 2.87. The maximum Gasteiger partial charge on any atom is 0.416 e. The molecule has 4 nitrogen and oxygen atoms in total. The van der Waals surface area contributed by atoms with Crippen LogP contribution < -0.4 is 10.6 Å². The van der Waals surface area contributed by atoms with Crippen LogP contribution in [0.1, 0.15) is 18.4 Å². The van der Waals surface area contributed by atoms with Crippen LogP contribution in [0, 0.1) is 5.41 Å². The number of ether oxygens (including phenoxy) is 1. The topological polar surface area (TPSA) is 50.4 Å². The van der Waals surface area contributed by atoms with Gasteiger partial charge in [0.1, 0.15) is 0 Å². The Bertz CT molecular complexity index is 566. The Morgan fingerprint density at radius 2 is 1.86 bits per heavy atom. The summed E-state index contributed by atoms with van der Waals surface area (Å²) in [5, 5.41) is 5.73. The molecule has 1 aromatic carbocycles. The van der Waals surface area contributed by atoms with E-state index in [0.717, 1.165) is 12.1 Å². The van der Waals surface area contributed by atoms with Crippen molar-refractivity contribution in [3.63, 3.8) is 0 Å². The fourth-order valence-electron chi connectivity index (χ4n) is 2.74. The molecule has 2 heterocycles. The molecular weight excluding hydrogens is 285 g/mol. The summed E-state index contributed by atoms with van der Waals surface area (Å²) >= 11 is 0. The number of hydrogen-bond acceptors (Lipinski definition) is 3. The van der Waals surface area contributed by atoms with E-state index < -0.39 is 17.2 Å². The Labute approximate surface area is 119 Å². The van der Waals surface area contributed by atoms with Crippen molar-refractivity contribution in [2.24, 2.45) is 5.41 Å². The lowest BCUT2D eigenvalue weighted by atomic mass is 9.79. The van der Waals surface area contributed by atoms with Crippen molar-refractivity contribution in [2.45, 2.75) is 19.0 Å². The van der Waals surface area contributed by atoms with Gasteiger partial charge in [-0.2, -0.15) is 13.2 Å². The van der Waals surface area contributed by atoms with Crippen LogP contribution in [0.3, 0.4) is 0 Å². The molecule has 0 bridgehead atoms. The quantitative estimate of drug-likeness (QED) is 0.774. The molecule has 1 saturated heterocycles. The molecule has 21 heavy (non-hydrogen) atoms. The van der Waals surface area contributed by atoms with E-state index in [-0.39, 0.29) is 11.6 Å². The second-order valence-corrected chi connectivity index (χ2v) is 5.46. The van der Waals surface area contributed by atoms with Crippen molar-refractivity contribution in [2.75, 3.05) is 30.4 Å². The van der Waals surface area contributed by atoms with Gasteiger partial charge in [0, 0.05) is 19.8 Å². The summed E-state index contributed by atoms with van der Waals surface area (Å²) in [6.45, 7) is 1.37. The van der Waals surface area contributed by atoms with Gasteiger partial charge >= 0.3 is 6.18 Å². The average molecular weight is 300 g/mol. The molecular formula is C14H15F3N2O2. The zero-order chi connectivity index (χ0) is 15.1. The number of alkyl halides is 3. The lowest BCUT2D eigenvalue weighted by Crippen LogP contribution is -2.44. The average Bonchev–Trinajstić information content (AvgIpc) is 2.57. The summed E-state index contributed by atoms with van der Waals surface area (Å²) in [5.74, 6) is -0.239. The van der Waals surface area contributed by atoms with Crippen molar-refractivity contribution in [3.8, 4) is 0 Å². The molecule has 1 aromatic rings. The van der Waals surface area contributed by atoms with Crippen molar-refractivity contribution in [1.82, 2.24) is 0 Å². The molecule has 0 aromatic heterocycles. The van der Waals surface area contributed by atoms with E-state index in [0.29, 0.717) is 38.3 Å². The Morgan fingerprint density at radius 3 is 2.52 bits per heavy atom. The Balaban J connectivity index is 1.92. The SMILES string of the molecule is O=C1Nc2cc(C(F)(F)F)ccc2NCC12CCOCC2. The van der Waals surface area contributed by atoms with Crippen LogP contribution in [0.15, 0.2) is 18.2 Å². The molecule has 7 heteroatoms. The summed E-state index contributed by atoms with van der Waals surface area (Å²) in [7, 11) is 0. The minimum Gasteiger partial charge on any atom is -0.382 e. The molecule has 0 saturated carbocycles. The molecule has 0 aliphatic carbocycles. The summed E-state index contributed by atoms with van der Waals surface area (Å²) in [6.07, 6.45) is -3.31. The number of fused-ring (bicyclic) bond motifs is 1. The highest BCUT2D eigenvalue weighted by molar-refractivity contribution is 6.00. The number of halogens is 3. The fraction of sp³-hybridized carbons (Fsp3) is 0.500. The number of benzene rings is 1. The van der Waals surface area contributed by atoms with E-state index in [1.807, 2.05) is 0 Å². The summed E-state index contributed by atoms with van der Waals surface area (Å²) in [4.78, 5) is 12.4. The van der Waals surface area contributed by atoms with Crippen LogP contribution in [0.25, 0.3) is 0 Å². The number of rotatable bonds is 0. The van der Waals surface area contributed by atoms with Crippen LogP contribution in [0.5, 0.6) is 0 Å². The molecule has 1 spiro atoms. The Morgan fingerprint density at radius 1 is 1.14 bits per heavy atom. The lowest BCUT2D eigenvalue weighted by Gasteiger charge is -2.34.